The lowest BCUT2D eigenvalue weighted by molar-refractivity contribution is 0.875. The summed E-state index contributed by atoms with van der Waals surface area (Å²) < 4.78 is 0. The summed E-state index contributed by atoms with van der Waals surface area (Å²) in [6.45, 7) is 16.2. The fourth-order valence-electron chi connectivity index (χ4n) is 5.74. The lowest BCUT2D eigenvalue weighted by Crippen LogP contribution is -1.99. The third kappa shape index (κ3) is 4.71. The number of nitriles is 1. The van der Waals surface area contributed by atoms with Gasteiger partial charge in [-0.15, -0.1) is 0 Å². The van der Waals surface area contributed by atoms with Crippen molar-refractivity contribution in [3.63, 3.8) is 0 Å². The monoisotopic (exact) mass is 536 g/mol. The molecule has 0 saturated heterocycles. The van der Waals surface area contributed by atoms with E-state index in [0.717, 1.165) is 33.0 Å². The molecule has 0 bridgehead atoms. The minimum atomic E-state index is 0.326. The van der Waals surface area contributed by atoms with Gasteiger partial charge in [0.2, 0.25) is 0 Å². The maximum Gasteiger partial charge on any atom is 0.187 e. The van der Waals surface area contributed by atoms with Gasteiger partial charge in [0.25, 0.3) is 0 Å². The molecule has 0 fully saturated rings. The van der Waals surface area contributed by atoms with Gasteiger partial charge in [0.1, 0.15) is 0 Å². The van der Waals surface area contributed by atoms with E-state index in [2.05, 4.69) is 98.7 Å². The highest BCUT2D eigenvalue weighted by Gasteiger charge is 2.19. The molecule has 6 aromatic rings. The lowest BCUT2D eigenvalue weighted by atomic mass is 9.82. The third-order valence-electron chi connectivity index (χ3n) is 7.90. The minimum Gasteiger partial charge on any atom is -0.238 e. The van der Waals surface area contributed by atoms with Crippen molar-refractivity contribution in [2.45, 2.75) is 39.5 Å². The molecular formula is C40H28N2. The summed E-state index contributed by atoms with van der Waals surface area (Å²) in [5, 5.41) is 16.4. The van der Waals surface area contributed by atoms with Crippen LogP contribution in [0, 0.1) is 41.6 Å². The minimum absolute atomic E-state index is 0.326. The average molecular weight is 537 g/mol. The van der Waals surface area contributed by atoms with Crippen LogP contribution in [-0.4, -0.2) is 0 Å². The van der Waals surface area contributed by atoms with Crippen LogP contribution in [0.5, 0.6) is 0 Å². The zero-order valence-corrected chi connectivity index (χ0v) is 24.1. The summed E-state index contributed by atoms with van der Waals surface area (Å²) in [6, 6.07) is 30.5. The Balaban J connectivity index is 1.64. The van der Waals surface area contributed by atoms with Gasteiger partial charge < -0.3 is 0 Å². The van der Waals surface area contributed by atoms with Crippen molar-refractivity contribution in [3.8, 4) is 29.8 Å². The summed E-state index contributed by atoms with van der Waals surface area (Å²) in [6.07, 6.45) is 0. The van der Waals surface area contributed by atoms with Crippen molar-refractivity contribution in [3.05, 3.63) is 135 Å². The fourth-order valence-corrected chi connectivity index (χ4v) is 5.74. The Kier molecular flexibility index (Phi) is 6.85. The molecular weight excluding hydrogens is 508 g/mol. The maximum atomic E-state index is 9.15. The standard InChI is InChI=1S/C40H28N2/c1-25(2)37-22-30(14-10-27-6-8-29(24-41)9-7-27)33-18-19-34-31(15-11-28-12-16-32(42-5)17-13-28)23-38(26(3)4)36-21-20-35(37)39(33)40(34)36/h6-9,12-13,16-23,25-26H,1-4H3. The summed E-state index contributed by atoms with van der Waals surface area (Å²) in [7, 11) is 0. The van der Waals surface area contributed by atoms with E-state index in [-0.39, 0.29) is 0 Å². The molecule has 0 N–H and O–H groups in total. The molecule has 0 spiro atoms. The predicted molar refractivity (Wildman–Crippen MR) is 174 cm³/mol. The van der Waals surface area contributed by atoms with Gasteiger partial charge in [-0.3, -0.25) is 0 Å². The van der Waals surface area contributed by atoms with E-state index in [1.165, 1.54) is 32.7 Å². The quantitative estimate of drug-likeness (QED) is 0.123. The largest absolute Gasteiger partial charge is 0.238 e. The van der Waals surface area contributed by atoms with Gasteiger partial charge in [-0.2, -0.15) is 5.26 Å². The van der Waals surface area contributed by atoms with Crippen LogP contribution >= 0.6 is 0 Å². The lowest BCUT2D eigenvalue weighted by Gasteiger charge is -2.20. The van der Waals surface area contributed by atoms with Crippen LogP contribution in [0.15, 0.2) is 84.9 Å². The topological polar surface area (TPSA) is 28.1 Å². The molecule has 2 nitrogen and oxygen atoms in total. The highest BCUT2D eigenvalue weighted by molar-refractivity contribution is 6.26. The predicted octanol–water partition coefficient (Wildman–Crippen LogP) is 10.1. The molecule has 0 atom stereocenters. The Bertz CT molecular complexity index is 2030. The van der Waals surface area contributed by atoms with Crippen LogP contribution in [-0.2, 0) is 0 Å². The van der Waals surface area contributed by atoms with E-state index in [1.807, 2.05) is 48.5 Å². The van der Waals surface area contributed by atoms with E-state index >= 15 is 0 Å². The highest BCUT2D eigenvalue weighted by Crippen LogP contribution is 2.43. The number of benzene rings is 6. The summed E-state index contributed by atoms with van der Waals surface area (Å²) in [5.74, 6) is 14.3. The highest BCUT2D eigenvalue weighted by atomic mass is 14.6. The van der Waals surface area contributed by atoms with E-state index < -0.39 is 0 Å². The summed E-state index contributed by atoms with van der Waals surface area (Å²) in [5.41, 5.74) is 7.60. The van der Waals surface area contributed by atoms with Crippen LogP contribution in [0.3, 0.4) is 0 Å². The van der Waals surface area contributed by atoms with Crippen LogP contribution in [0.4, 0.5) is 5.69 Å². The molecule has 0 heterocycles. The third-order valence-corrected chi connectivity index (χ3v) is 7.90. The Hall–Kier alpha value is -5.54. The zero-order chi connectivity index (χ0) is 29.4. The van der Waals surface area contributed by atoms with Crippen molar-refractivity contribution in [2.75, 3.05) is 0 Å². The van der Waals surface area contributed by atoms with Gasteiger partial charge >= 0.3 is 0 Å². The van der Waals surface area contributed by atoms with E-state index in [0.29, 0.717) is 23.1 Å². The van der Waals surface area contributed by atoms with Gasteiger partial charge in [0.15, 0.2) is 5.69 Å². The van der Waals surface area contributed by atoms with Crippen molar-refractivity contribution in [1.29, 1.82) is 5.26 Å². The molecule has 6 rings (SSSR count). The first-order valence-corrected chi connectivity index (χ1v) is 14.2. The first-order chi connectivity index (χ1) is 20.4. The van der Waals surface area contributed by atoms with E-state index in [9.17, 15) is 0 Å². The SMILES string of the molecule is [C-]#[N+]c1ccc(C#Cc2cc(C(C)C)c3ccc4c(C(C)C)cc(C#Cc5ccc(C#N)cc5)c5ccc2c3c54)cc1. The fraction of sp³-hybridized carbons (Fsp3) is 0.150. The second kappa shape index (κ2) is 10.8. The molecule has 2 heteroatoms. The van der Waals surface area contributed by atoms with Crippen LogP contribution in [0.25, 0.3) is 37.2 Å². The zero-order valence-electron chi connectivity index (χ0n) is 24.1. The van der Waals surface area contributed by atoms with Gasteiger partial charge in [-0.25, -0.2) is 4.85 Å². The Morgan fingerprint density at radius 3 is 1.36 bits per heavy atom. The molecule has 198 valence electrons. The van der Waals surface area contributed by atoms with Crippen LogP contribution in [0.2, 0.25) is 0 Å². The maximum absolute atomic E-state index is 9.15. The van der Waals surface area contributed by atoms with Gasteiger partial charge in [-0.1, -0.05) is 99.9 Å². The van der Waals surface area contributed by atoms with E-state index in [4.69, 9.17) is 11.8 Å². The number of hydrogen-bond donors (Lipinski definition) is 0. The average Bonchev–Trinajstić information content (AvgIpc) is 3.02. The molecule has 0 aliphatic heterocycles. The molecule has 6 aromatic carbocycles. The molecule has 0 aliphatic carbocycles. The smallest absolute Gasteiger partial charge is 0.187 e. The summed E-state index contributed by atoms with van der Waals surface area (Å²) >= 11 is 0. The van der Waals surface area contributed by atoms with Crippen LogP contribution < -0.4 is 0 Å². The Labute approximate surface area is 247 Å². The first-order valence-electron chi connectivity index (χ1n) is 14.2. The van der Waals surface area contributed by atoms with Crippen molar-refractivity contribution >= 4 is 38.0 Å². The molecule has 0 amide bonds. The molecule has 0 radical (unpaired) electrons. The summed E-state index contributed by atoms with van der Waals surface area (Å²) in [4.78, 5) is 3.49. The van der Waals surface area contributed by atoms with Gasteiger partial charge in [-0.05, 0) is 91.7 Å². The molecule has 0 unspecified atom stereocenters. The normalized spacial score (nSPS) is 10.9. The Morgan fingerprint density at radius 1 is 0.548 bits per heavy atom. The molecule has 0 aromatic heterocycles. The van der Waals surface area contributed by atoms with Crippen molar-refractivity contribution in [1.82, 2.24) is 0 Å². The number of nitrogens with zero attached hydrogens (tertiary/aromatic N) is 2. The van der Waals surface area contributed by atoms with E-state index in [1.54, 1.807) is 0 Å². The van der Waals surface area contributed by atoms with Gasteiger partial charge in [0, 0.05) is 22.3 Å². The second-order valence-corrected chi connectivity index (χ2v) is 11.3. The second-order valence-electron chi connectivity index (χ2n) is 11.3. The molecule has 42 heavy (non-hydrogen) atoms. The van der Waals surface area contributed by atoms with Gasteiger partial charge in [0.05, 0.1) is 18.2 Å². The first kappa shape index (κ1) is 26.7. The van der Waals surface area contributed by atoms with Crippen molar-refractivity contribution < 1.29 is 0 Å². The van der Waals surface area contributed by atoms with Crippen LogP contribution in [0.1, 0.15) is 78.5 Å². The number of hydrogen-bond acceptors (Lipinski definition) is 1. The number of rotatable bonds is 2. The Morgan fingerprint density at radius 2 is 0.952 bits per heavy atom. The molecule has 0 saturated carbocycles. The van der Waals surface area contributed by atoms with Crippen molar-refractivity contribution in [2.24, 2.45) is 0 Å². The molecule has 0 aliphatic rings.